The molecule has 0 aromatic heterocycles. The van der Waals surface area contributed by atoms with Gasteiger partial charge in [-0.25, -0.2) is 22.0 Å². The molecule has 3 aromatic rings. The van der Waals surface area contributed by atoms with E-state index in [2.05, 4.69) is 10.6 Å². The first-order valence-corrected chi connectivity index (χ1v) is 13.2. The number of thiocarbonyl (C=S) groups is 1. The van der Waals surface area contributed by atoms with Crippen molar-refractivity contribution in [1.29, 1.82) is 0 Å². The average Bonchev–Trinajstić information content (AvgIpc) is 2.96. The lowest BCUT2D eigenvalue weighted by Gasteiger charge is -2.37. The lowest BCUT2D eigenvalue weighted by molar-refractivity contribution is 0.0976. The van der Waals surface area contributed by atoms with Crippen LogP contribution in [0.25, 0.3) is 0 Å². The summed E-state index contributed by atoms with van der Waals surface area (Å²) in [6.07, 6.45) is 0. The number of amides is 1. The number of rotatable bonds is 8. The van der Waals surface area contributed by atoms with E-state index in [4.69, 9.17) is 21.7 Å². The van der Waals surface area contributed by atoms with Crippen molar-refractivity contribution in [2.24, 2.45) is 0 Å². The van der Waals surface area contributed by atoms with Crippen LogP contribution in [0.4, 0.5) is 39.0 Å². The van der Waals surface area contributed by atoms with Gasteiger partial charge in [-0.2, -0.15) is 0 Å². The molecule has 218 valence electrons. The molecule has 0 bridgehead atoms. The van der Waals surface area contributed by atoms with Gasteiger partial charge in [-0.15, -0.1) is 0 Å². The predicted molar refractivity (Wildman–Crippen MR) is 150 cm³/mol. The molecule has 1 amide bonds. The molecule has 0 aliphatic carbocycles. The summed E-state index contributed by atoms with van der Waals surface area (Å²) in [4.78, 5) is 15.8. The van der Waals surface area contributed by atoms with Gasteiger partial charge in [0.05, 0.1) is 13.2 Å². The number of nitrogens with one attached hydrogen (secondary N) is 2. The van der Waals surface area contributed by atoms with Crippen molar-refractivity contribution in [2.75, 3.05) is 54.5 Å². The van der Waals surface area contributed by atoms with Crippen LogP contribution in [0.3, 0.4) is 0 Å². The first-order valence-electron chi connectivity index (χ1n) is 12.8. The molecule has 1 fully saturated rings. The molecule has 7 nitrogen and oxygen atoms in total. The largest absolute Gasteiger partial charge is 0.494 e. The van der Waals surface area contributed by atoms with E-state index >= 15 is 0 Å². The maximum Gasteiger partial charge on any atom is 0.257 e. The molecule has 0 radical (unpaired) electrons. The molecule has 3 aromatic carbocycles. The van der Waals surface area contributed by atoms with E-state index in [1.807, 2.05) is 18.7 Å². The van der Waals surface area contributed by atoms with Crippen molar-refractivity contribution in [3.05, 3.63) is 77.1 Å². The maximum absolute atomic E-state index is 14.2. The van der Waals surface area contributed by atoms with Crippen LogP contribution in [-0.2, 0) is 0 Å². The predicted octanol–water partition coefficient (Wildman–Crippen LogP) is 5.63. The number of anilines is 3. The summed E-state index contributed by atoms with van der Waals surface area (Å²) in [6, 6.07) is 11.9. The number of hydrogen-bond acceptors (Lipinski definition) is 6. The Kier molecular flexibility index (Phi) is 9.48. The molecule has 41 heavy (non-hydrogen) atoms. The Morgan fingerprint density at radius 1 is 0.780 bits per heavy atom. The Bertz CT molecular complexity index is 1380. The summed E-state index contributed by atoms with van der Waals surface area (Å²) < 4.78 is 80.0. The number of benzene rings is 3. The Hall–Kier alpha value is -4.13. The van der Waals surface area contributed by atoms with Crippen LogP contribution in [0.2, 0.25) is 0 Å². The summed E-state index contributed by atoms with van der Waals surface area (Å²) in [5.41, 5.74) is 0.759. The summed E-state index contributed by atoms with van der Waals surface area (Å²) in [6.45, 7) is 5.17. The minimum Gasteiger partial charge on any atom is -0.494 e. The number of carbonyl (C=O) groups excluding carboxylic acids is 1. The van der Waals surface area contributed by atoms with Gasteiger partial charge in [0.25, 0.3) is 5.91 Å². The van der Waals surface area contributed by atoms with Crippen LogP contribution in [0.1, 0.15) is 24.2 Å². The second-order valence-corrected chi connectivity index (χ2v) is 9.32. The second kappa shape index (κ2) is 13.0. The fraction of sp³-hybridized carbons (Fsp3) is 0.286. The molecule has 2 N–H and O–H groups in total. The van der Waals surface area contributed by atoms with Crippen molar-refractivity contribution in [1.82, 2.24) is 5.32 Å². The zero-order valence-electron chi connectivity index (χ0n) is 22.2. The highest BCUT2D eigenvalue weighted by atomic mass is 32.1. The Morgan fingerprint density at radius 2 is 1.27 bits per heavy atom. The lowest BCUT2D eigenvalue weighted by atomic mass is 10.2. The molecule has 0 saturated carbocycles. The van der Waals surface area contributed by atoms with E-state index < -0.39 is 40.7 Å². The molecule has 13 heteroatoms. The number of hydrogen-bond donors (Lipinski definition) is 2. The zero-order valence-corrected chi connectivity index (χ0v) is 23.0. The molecular formula is C28H27F5N4O3S. The number of ether oxygens (including phenoxy) is 2. The van der Waals surface area contributed by atoms with Crippen LogP contribution >= 0.6 is 12.2 Å². The SMILES string of the molecule is CCOc1cc(OCC)cc(C(=O)NC(=S)Nc2ccc(N3CCN(c4c(F)c(F)c(F)c(F)c4F)CC3)cc2)c1. The van der Waals surface area contributed by atoms with E-state index in [0.29, 0.717) is 36.0 Å². The topological polar surface area (TPSA) is 66.1 Å². The van der Waals surface area contributed by atoms with Crippen molar-refractivity contribution in [3.63, 3.8) is 0 Å². The van der Waals surface area contributed by atoms with E-state index in [1.165, 1.54) is 0 Å². The molecule has 1 heterocycles. The van der Waals surface area contributed by atoms with Crippen LogP contribution in [0, 0.1) is 29.1 Å². The van der Waals surface area contributed by atoms with Gasteiger partial charge in [0.15, 0.2) is 28.4 Å². The van der Waals surface area contributed by atoms with Crippen LogP contribution < -0.4 is 29.9 Å². The quantitative estimate of drug-likeness (QED) is 0.152. The van der Waals surface area contributed by atoms with Gasteiger partial charge in [0, 0.05) is 49.2 Å². The van der Waals surface area contributed by atoms with Gasteiger partial charge < -0.3 is 24.6 Å². The second-order valence-electron chi connectivity index (χ2n) is 8.91. The maximum atomic E-state index is 14.2. The first-order chi connectivity index (χ1) is 19.6. The van der Waals surface area contributed by atoms with E-state index in [0.717, 1.165) is 10.6 Å². The smallest absolute Gasteiger partial charge is 0.257 e. The first kappa shape index (κ1) is 29.8. The van der Waals surface area contributed by atoms with Gasteiger partial charge in [-0.05, 0) is 62.5 Å². The number of carbonyl (C=O) groups is 1. The Balaban J connectivity index is 1.35. The average molecular weight is 595 g/mol. The summed E-state index contributed by atoms with van der Waals surface area (Å²) >= 11 is 5.29. The Morgan fingerprint density at radius 3 is 1.78 bits per heavy atom. The summed E-state index contributed by atoms with van der Waals surface area (Å²) in [5, 5.41) is 5.62. The van der Waals surface area contributed by atoms with Crippen LogP contribution in [0.5, 0.6) is 11.5 Å². The number of piperazine rings is 1. The highest BCUT2D eigenvalue weighted by Crippen LogP contribution is 2.31. The third-order valence-corrected chi connectivity index (χ3v) is 6.47. The number of nitrogens with zero attached hydrogens (tertiary/aromatic N) is 2. The minimum atomic E-state index is -2.18. The zero-order chi connectivity index (χ0) is 29.7. The van der Waals surface area contributed by atoms with Gasteiger partial charge in [0.2, 0.25) is 5.82 Å². The van der Waals surface area contributed by atoms with Crippen LogP contribution in [-0.4, -0.2) is 50.4 Å². The highest BCUT2D eigenvalue weighted by Gasteiger charge is 2.30. The van der Waals surface area contributed by atoms with Gasteiger partial charge in [-0.3, -0.25) is 10.1 Å². The highest BCUT2D eigenvalue weighted by molar-refractivity contribution is 7.80. The molecule has 1 aliphatic rings. The van der Waals surface area contributed by atoms with Crippen molar-refractivity contribution in [3.8, 4) is 11.5 Å². The van der Waals surface area contributed by atoms with Gasteiger partial charge in [0.1, 0.15) is 17.2 Å². The van der Waals surface area contributed by atoms with Crippen molar-refractivity contribution >= 4 is 40.3 Å². The molecular weight excluding hydrogens is 567 g/mol. The monoisotopic (exact) mass is 594 g/mol. The molecule has 0 atom stereocenters. The van der Waals surface area contributed by atoms with Crippen LogP contribution in [0.15, 0.2) is 42.5 Å². The van der Waals surface area contributed by atoms with Crippen molar-refractivity contribution in [2.45, 2.75) is 13.8 Å². The molecule has 0 unspecified atom stereocenters. The van der Waals surface area contributed by atoms with Crippen molar-refractivity contribution < 1.29 is 36.2 Å². The minimum absolute atomic E-state index is 0.0456. The normalized spacial score (nSPS) is 13.1. The summed E-state index contributed by atoms with van der Waals surface area (Å²) in [5.74, 6) is -9.26. The van der Waals surface area contributed by atoms with Gasteiger partial charge in [-0.1, -0.05) is 0 Å². The lowest BCUT2D eigenvalue weighted by Crippen LogP contribution is -2.47. The molecule has 1 aliphatic heterocycles. The molecule has 4 rings (SSSR count). The van der Waals surface area contributed by atoms with E-state index in [9.17, 15) is 26.7 Å². The molecule has 1 saturated heterocycles. The summed E-state index contributed by atoms with van der Waals surface area (Å²) in [7, 11) is 0. The number of halogens is 5. The van der Waals surface area contributed by atoms with Gasteiger partial charge >= 0.3 is 0 Å². The van der Waals surface area contributed by atoms with E-state index in [1.54, 1.807) is 42.5 Å². The molecule has 0 spiro atoms. The van der Waals surface area contributed by atoms with E-state index in [-0.39, 0.29) is 31.3 Å². The Labute approximate surface area is 238 Å². The fourth-order valence-corrected chi connectivity index (χ4v) is 4.57. The third kappa shape index (κ3) is 6.79. The standard InChI is InChI=1S/C28H27F5N4O3S/c1-3-39-19-13-16(14-20(15-19)40-4-2)27(38)35-28(41)34-17-5-7-18(8-6-17)36-9-11-37(12-10-36)26-24(32)22(30)21(29)23(31)25(26)33/h5-8,13-15H,3-4,9-12H2,1-2H3,(H2,34,35,38,41). The third-order valence-electron chi connectivity index (χ3n) is 6.26. The fourth-order valence-electron chi connectivity index (χ4n) is 4.36.